The zero-order valence-electron chi connectivity index (χ0n) is 20.6. The molecule has 0 saturated carbocycles. The van der Waals surface area contributed by atoms with E-state index in [0.717, 1.165) is 26.1 Å². The molecule has 1 aliphatic rings. The van der Waals surface area contributed by atoms with Crippen molar-refractivity contribution >= 4 is 11.6 Å². The molecule has 1 aromatic carbocycles. The second-order valence-electron chi connectivity index (χ2n) is 8.61. The predicted molar refractivity (Wildman–Crippen MR) is 132 cm³/mol. The minimum atomic E-state index is -3.17. The number of carbonyl (C=O) groups excluding carboxylic acids is 1. The molecule has 2 aromatic heterocycles. The van der Waals surface area contributed by atoms with Crippen molar-refractivity contribution in [2.75, 3.05) is 39.9 Å². The lowest BCUT2D eigenvalue weighted by Crippen LogP contribution is -2.31. The Bertz CT molecular complexity index is 1270. The lowest BCUT2D eigenvalue weighted by Gasteiger charge is -2.26. The summed E-state index contributed by atoms with van der Waals surface area (Å²) < 4.78 is 44.0. The number of likely N-dealkylation sites (tertiary alicyclic amines) is 1. The Balaban J connectivity index is 1.54. The van der Waals surface area contributed by atoms with Gasteiger partial charge in [0.15, 0.2) is 0 Å². The number of methoxy groups -OCH3 is 1. The van der Waals surface area contributed by atoms with Crippen LogP contribution in [0, 0.1) is 11.3 Å². The van der Waals surface area contributed by atoms with Crippen LogP contribution in [-0.4, -0.2) is 66.7 Å². The smallest absolute Gasteiger partial charge is 0.387 e. The van der Waals surface area contributed by atoms with Crippen LogP contribution in [-0.2, 0) is 0 Å². The number of benzene rings is 1. The number of piperidine rings is 1. The maximum absolute atomic E-state index is 13.2. The van der Waals surface area contributed by atoms with Gasteiger partial charge >= 0.3 is 6.61 Å². The standard InChI is InChI=1S/C26H29F2N5O4/c1-35-21-14-18(15-22(37-26(27)28)24(21)25(34)30-8-7-29)20-17-31-23-16-19(6-12-33(20)23)36-13-5-11-32-9-3-2-4-10-32/h6,12,14-17,26H,2-5,8-11,13H2,1H3,(H,30,34). The summed E-state index contributed by atoms with van der Waals surface area (Å²) in [6, 6.07) is 8.25. The van der Waals surface area contributed by atoms with Crippen molar-refractivity contribution in [3.63, 3.8) is 0 Å². The summed E-state index contributed by atoms with van der Waals surface area (Å²) in [7, 11) is 1.32. The fourth-order valence-corrected chi connectivity index (χ4v) is 4.45. The fraction of sp³-hybridized carbons (Fsp3) is 0.423. The van der Waals surface area contributed by atoms with E-state index in [-0.39, 0.29) is 23.6 Å². The minimum absolute atomic E-state index is 0.0206. The van der Waals surface area contributed by atoms with E-state index < -0.39 is 12.5 Å². The first-order valence-corrected chi connectivity index (χ1v) is 12.1. The molecule has 1 saturated heterocycles. The molecule has 1 amide bonds. The van der Waals surface area contributed by atoms with Crippen LogP contribution in [0.1, 0.15) is 36.0 Å². The quantitative estimate of drug-likeness (QED) is 0.304. The number of fused-ring (bicyclic) bond motifs is 1. The Morgan fingerprint density at radius 3 is 2.73 bits per heavy atom. The predicted octanol–water partition coefficient (Wildman–Crippen LogP) is 4.12. The SMILES string of the molecule is COc1cc(-c2cnc3cc(OCCCN4CCCCC4)ccn23)cc(OC(F)F)c1C(=O)NCC#N. The van der Waals surface area contributed by atoms with Crippen LogP contribution in [0.4, 0.5) is 8.78 Å². The van der Waals surface area contributed by atoms with Crippen molar-refractivity contribution in [2.24, 2.45) is 0 Å². The second-order valence-corrected chi connectivity index (χ2v) is 8.61. The van der Waals surface area contributed by atoms with Crippen LogP contribution < -0.4 is 19.5 Å². The molecule has 1 N–H and O–H groups in total. The van der Waals surface area contributed by atoms with Crippen LogP contribution in [0.2, 0.25) is 0 Å². The highest BCUT2D eigenvalue weighted by Crippen LogP contribution is 2.36. The number of nitrogens with one attached hydrogen (secondary N) is 1. The monoisotopic (exact) mass is 513 g/mol. The molecule has 0 unspecified atom stereocenters. The minimum Gasteiger partial charge on any atom is -0.496 e. The van der Waals surface area contributed by atoms with E-state index in [2.05, 4.69) is 19.9 Å². The van der Waals surface area contributed by atoms with Gasteiger partial charge in [0, 0.05) is 24.4 Å². The number of alkyl halides is 2. The Morgan fingerprint density at radius 2 is 2.00 bits per heavy atom. The molecule has 196 valence electrons. The number of aromatic nitrogens is 2. The first kappa shape index (κ1) is 26.2. The third-order valence-electron chi connectivity index (χ3n) is 6.17. The summed E-state index contributed by atoms with van der Waals surface area (Å²) in [6.07, 6.45) is 8.15. The maximum atomic E-state index is 13.2. The number of nitriles is 1. The van der Waals surface area contributed by atoms with Gasteiger partial charge in [-0.15, -0.1) is 0 Å². The molecule has 0 spiro atoms. The average molecular weight is 514 g/mol. The van der Waals surface area contributed by atoms with Crippen molar-refractivity contribution in [3.8, 4) is 34.6 Å². The van der Waals surface area contributed by atoms with E-state index in [1.807, 2.05) is 12.1 Å². The molecule has 4 rings (SSSR count). The zero-order chi connectivity index (χ0) is 26.2. The van der Waals surface area contributed by atoms with Crippen molar-refractivity contribution in [1.82, 2.24) is 19.6 Å². The van der Waals surface area contributed by atoms with E-state index >= 15 is 0 Å². The summed E-state index contributed by atoms with van der Waals surface area (Å²) in [5, 5.41) is 11.1. The number of pyridine rings is 1. The Morgan fingerprint density at radius 1 is 1.22 bits per heavy atom. The lowest BCUT2D eigenvalue weighted by atomic mass is 10.1. The van der Waals surface area contributed by atoms with Crippen LogP contribution in [0.25, 0.3) is 16.9 Å². The summed E-state index contributed by atoms with van der Waals surface area (Å²) >= 11 is 0. The largest absolute Gasteiger partial charge is 0.496 e. The number of nitrogens with zero attached hydrogens (tertiary/aromatic N) is 4. The molecule has 0 aliphatic carbocycles. The van der Waals surface area contributed by atoms with Crippen molar-refractivity contribution in [3.05, 3.63) is 42.2 Å². The third kappa shape index (κ3) is 6.46. The highest BCUT2D eigenvalue weighted by molar-refractivity contribution is 6.00. The molecular weight excluding hydrogens is 484 g/mol. The number of hydrogen-bond donors (Lipinski definition) is 1. The molecule has 0 radical (unpaired) electrons. The normalized spacial score (nSPS) is 13.9. The van der Waals surface area contributed by atoms with Gasteiger partial charge in [0.1, 0.15) is 35.0 Å². The van der Waals surface area contributed by atoms with Crippen molar-refractivity contribution < 1.29 is 27.8 Å². The van der Waals surface area contributed by atoms with Gasteiger partial charge in [-0.2, -0.15) is 14.0 Å². The maximum Gasteiger partial charge on any atom is 0.387 e. The Labute approximate surface area is 213 Å². The number of rotatable bonds is 11. The van der Waals surface area contributed by atoms with Gasteiger partial charge in [-0.1, -0.05) is 6.42 Å². The summed E-state index contributed by atoms with van der Waals surface area (Å²) in [5.41, 5.74) is 1.41. The zero-order valence-corrected chi connectivity index (χ0v) is 20.6. The van der Waals surface area contributed by atoms with Gasteiger partial charge in [0.25, 0.3) is 5.91 Å². The number of carbonyl (C=O) groups is 1. The third-order valence-corrected chi connectivity index (χ3v) is 6.17. The summed E-state index contributed by atoms with van der Waals surface area (Å²) in [4.78, 5) is 19.4. The van der Waals surface area contributed by atoms with E-state index in [4.69, 9.17) is 14.7 Å². The highest BCUT2D eigenvalue weighted by Gasteiger charge is 2.23. The highest BCUT2D eigenvalue weighted by atomic mass is 19.3. The molecular formula is C26H29F2N5O4. The molecule has 1 fully saturated rings. The molecule has 37 heavy (non-hydrogen) atoms. The molecule has 9 nitrogen and oxygen atoms in total. The second kappa shape index (κ2) is 12.4. The number of amides is 1. The van der Waals surface area contributed by atoms with Gasteiger partial charge < -0.3 is 24.4 Å². The average Bonchev–Trinajstić information content (AvgIpc) is 3.33. The summed E-state index contributed by atoms with van der Waals surface area (Å²) in [6.45, 7) is 0.464. The van der Waals surface area contributed by atoms with Crippen LogP contribution in [0.15, 0.2) is 36.7 Å². The van der Waals surface area contributed by atoms with E-state index in [1.54, 1.807) is 22.9 Å². The number of imidazole rings is 1. The first-order chi connectivity index (χ1) is 18.0. The lowest BCUT2D eigenvalue weighted by molar-refractivity contribution is -0.0502. The van der Waals surface area contributed by atoms with E-state index in [0.29, 0.717) is 29.3 Å². The van der Waals surface area contributed by atoms with Crippen molar-refractivity contribution in [1.29, 1.82) is 5.26 Å². The van der Waals surface area contributed by atoms with Crippen LogP contribution in [0.3, 0.4) is 0 Å². The fourth-order valence-electron chi connectivity index (χ4n) is 4.45. The topological polar surface area (TPSA) is 101 Å². The van der Waals surface area contributed by atoms with Gasteiger partial charge in [-0.25, -0.2) is 4.98 Å². The molecule has 3 heterocycles. The molecule has 3 aromatic rings. The van der Waals surface area contributed by atoms with Crippen LogP contribution in [0.5, 0.6) is 17.2 Å². The number of ether oxygens (including phenoxy) is 3. The van der Waals surface area contributed by atoms with Gasteiger partial charge in [-0.3, -0.25) is 9.20 Å². The first-order valence-electron chi connectivity index (χ1n) is 12.1. The summed E-state index contributed by atoms with van der Waals surface area (Å²) in [5.74, 6) is -0.427. The Hall–Kier alpha value is -3.91. The molecule has 0 bridgehead atoms. The van der Waals surface area contributed by atoms with E-state index in [1.165, 1.54) is 38.5 Å². The number of halogens is 2. The van der Waals surface area contributed by atoms with Crippen molar-refractivity contribution in [2.45, 2.75) is 32.3 Å². The van der Waals surface area contributed by atoms with Crippen LogP contribution >= 0.6 is 0 Å². The van der Waals surface area contributed by atoms with Gasteiger partial charge in [0.05, 0.1) is 31.7 Å². The number of hydrogen-bond acceptors (Lipinski definition) is 7. The van der Waals surface area contributed by atoms with Gasteiger partial charge in [0.2, 0.25) is 0 Å². The molecule has 1 aliphatic heterocycles. The Kier molecular flexibility index (Phi) is 8.74. The molecule has 0 atom stereocenters. The molecule has 11 heteroatoms. The van der Waals surface area contributed by atoms with E-state index in [9.17, 15) is 13.6 Å². The van der Waals surface area contributed by atoms with Gasteiger partial charge in [-0.05, 0) is 50.6 Å².